The van der Waals surface area contributed by atoms with Gasteiger partial charge < -0.3 is 19.4 Å². The lowest BCUT2D eigenvalue weighted by Crippen LogP contribution is -2.53. The molecule has 0 spiro atoms. The molecule has 1 atom stereocenters. The first-order valence-corrected chi connectivity index (χ1v) is 8.74. The highest BCUT2D eigenvalue weighted by Gasteiger charge is 2.26. The molecule has 0 unspecified atom stereocenters. The molecular formula is C18H28N4O2. The van der Waals surface area contributed by atoms with Gasteiger partial charge in [-0.3, -0.25) is 4.90 Å². The first kappa shape index (κ1) is 17.0. The third-order valence-electron chi connectivity index (χ3n) is 5.04. The summed E-state index contributed by atoms with van der Waals surface area (Å²) in [5.41, 5.74) is 1.22. The van der Waals surface area contributed by atoms with Crippen molar-refractivity contribution < 1.29 is 9.53 Å². The van der Waals surface area contributed by atoms with Crippen LogP contribution < -0.4 is 4.90 Å². The van der Waals surface area contributed by atoms with E-state index in [1.807, 2.05) is 23.1 Å². The molecule has 0 aromatic heterocycles. The lowest BCUT2D eigenvalue weighted by atomic mass is 10.2. The Hall–Kier alpha value is -1.79. The van der Waals surface area contributed by atoms with E-state index in [1.165, 1.54) is 5.69 Å². The number of nitrogens with zero attached hydrogens (tertiary/aromatic N) is 4. The second-order valence-corrected chi connectivity index (χ2v) is 6.78. The van der Waals surface area contributed by atoms with Crippen LogP contribution in [0, 0.1) is 0 Å². The number of hydrogen-bond donors (Lipinski definition) is 0. The van der Waals surface area contributed by atoms with E-state index in [9.17, 15) is 4.79 Å². The standard InChI is InChI=1S/C18H28N4O2/c1-19-8-9-20(2)17(14-19)15-24-18(23)22-12-10-21(11-13-22)16-6-4-3-5-7-16/h3-7,17H,8-15H2,1-2H3/t17-/m1/s1. The number of ether oxygens (including phenoxy) is 1. The molecule has 2 aliphatic heterocycles. The van der Waals surface area contributed by atoms with Crippen LogP contribution in [-0.4, -0.2) is 93.4 Å². The fourth-order valence-electron chi connectivity index (χ4n) is 3.33. The molecular weight excluding hydrogens is 304 g/mol. The van der Waals surface area contributed by atoms with Crippen molar-refractivity contribution >= 4 is 11.8 Å². The number of amides is 1. The molecule has 2 saturated heterocycles. The maximum absolute atomic E-state index is 12.3. The van der Waals surface area contributed by atoms with Gasteiger partial charge in [-0.1, -0.05) is 18.2 Å². The summed E-state index contributed by atoms with van der Waals surface area (Å²) in [6.45, 7) is 6.65. The molecule has 2 aliphatic rings. The van der Waals surface area contributed by atoms with E-state index >= 15 is 0 Å². The second-order valence-electron chi connectivity index (χ2n) is 6.78. The summed E-state index contributed by atoms with van der Waals surface area (Å²) in [5, 5.41) is 0. The molecule has 0 aliphatic carbocycles. The van der Waals surface area contributed by atoms with Crippen molar-refractivity contribution in [2.24, 2.45) is 0 Å². The van der Waals surface area contributed by atoms with Gasteiger partial charge in [-0.15, -0.1) is 0 Å². The average molecular weight is 332 g/mol. The number of piperazine rings is 2. The van der Waals surface area contributed by atoms with Gasteiger partial charge in [0.2, 0.25) is 0 Å². The Balaban J connectivity index is 1.44. The third kappa shape index (κ3) is 4.19. The minimum Gasteiger partial charge on any atom is -0.448 e. The molecule has 0 saturated carbocycles. The molecule has 1 aromatic rings. The summed E-state index contributed by atoms with van der Waals surface area (Å²) >= 11 is 0. The largest absolute Gasteiger partial charge is 0.448 e. The van der Waals surface area contributed by atoms with Gasteiger partial charge >= 0.3 is 6.09 Å². The average Bonchev–Trinajstić information content (AvgIpc) is 2.63. The van der Waals surface area contributed by atoms with E-state index in [4.69, 9.17) is 4.74 Å². The normalized spacial score (nSPS) is 23.3. The first-order valence-electron chi connectivity index (χ1n) is 8.74. The van der Waals surface area contributed by atoms with Gasteiger partial charge in [0.05, 0.1) is 6.04 Å². The predicted molar refractivity (Wildman–Crippen MR) is 95.5 cm³/mol. The maximum Gasteiger partial charge on any atom is 0.409 e. The SMILES string of the molecule is CN1CCN(C)[C@@H](COC(=O)N2CCN(c3ccccc3)CC2)C1. The van der Waals surface area contributed by atoms with Gasteiger partial charge in [0.25, 0.3) is 0 Å². The summed E-state index contributed by atoms with van der Waals surface area (Å²) in [6, 6.07) is 10.6. The summed E-state index contributed by atoms with van der Waals surface area (Å²) in [6.07, 6.45) is -0.177. The fraction of sp³-hybridized carbons (Fsp3) is 0.611. The number of para-hydroxylation sites is 1. The van der Waals surface area contributed by atoms with Crippen LogP contribution in [0.5, 0.6) is 0 Å². The predicted octanol–water partition coefficient (Wildman–Crippen LogP) is 1.19. The van der Waals surface area contributed by atoms with Crippen molar-refractivity contribution in [3.8, 4) is 0 Å². The van der Waals surface area contributed by atoms with Crippen LogP contribution in [-0.2, 0) is 4.74 Å². The zero-order valence-corrected chi connectivity index (χ0v) is 14.7. The van der Waals surface area contributed by atoms with E-state index in [-0.39, 0.29) is 6.09 Å². The van der Waals surface area contributed by atoms with E-state index in [0.29, 0.717) is 25.7 Å². The van der Waals surface area contributed by atoms with E-state index < -0.39 is 0 Å². The Labute approximate surface area is 144 Å². The van der Waals surface area contributed by atoms with Gasteiger partial charge in [-0.05, 0) is 26.2 Å². The van der Waals surface area contributed by atoms with Gasteiger partial charge in [0.15, 0.2) is 0 Å². The van der Waals surface area contributed by atoms with Crippen LogP contribution in [0.1, 0.15) is 0 Å². The molecule has 0 bridgehead atoms. The number of benzene rings is 1. The molecule has 0 N–H and O–H groups in total. The minimum atomic E-state index is -0.177. The molecule has 6 nitrogen and oxygen atoms in total. The molecule has 2 fully saturated rings. The van der Waals surface area contributed by atoms with Gasteiger partial charge in [-0.2, -0.15) is 0 Å². The Bertz CT molecular complexity index is 531. The molecule has 3 rings (SSSR count). The zero-order valence-electron chi connectivity index (χ0n) is 14.7. The summed E-state index contributed by atoms with van der Waals surface area (Å²) in [5.74, 6) is 0. The van der Waals surface area contributed by atoms with Crippen LogP contribution in [0.25, 0.3) is 0 Å². The lowest BCUT2D eigenvalue weighted by Gasteiger charge is -2.38. The van der Waals surface area contributed by atoms with E-state index in [0.717, 1.165) is 32.7 Å². The van der Waals surface area contributed by atoms with Crippen molar-refractivity contribution in [3.63, 3.8) is 0 Å². The summed E-state index contributed by atoms with van der Waals surface area (Å²) in [4.78, 5) is 21.0. The van der Waals surface area contributed by atoms with Crippen molar-refractivity contribution in [3.05, 3.63) is 30.3 Å². The van der Waals surface area contributed by atoms with Gasteiger partial charge in [0, 0.05) is 51.5 Å². The van der Waals surface area contributed by atoms with Crippen LogP contribution in [0.2, 0.25) is 0 Å². The zero-order chi connectivity index (χ0) is 16.9. The van der Waals surface area contributed by atoms with Gasteiger partial charge in [-0.25, -0.2) is 4.79 Å². The van der Waals surface area contributed by atoms with Gasteiger partial charge in [0.1, 0.15) is 6.61 Å². The Morgan fingerprint density at radius 3 is 2.46 bits per heavy atom. The van der Waals surface area contributed by atoms with Crippen molar-refractivity contribution in [2.45, 2.75) is 6.04 Å². The number of carbonyl (C=O) groups is 1. The number of rotatable bonds is 3. The number of likely N-dealkylation sites (N-methyl/N-ethyl adjacent to an activating group) is 2. The third-order valence-corrected chi connectivity index (χ3v) is 5.04. The fourth-order valence-corrected chi connectivity index (χ4v) is 3.33. The Kier molecular flexibility index (Phi) is 5.58. The molecule has 2 heterocycles. The quantitative estimate of drug-likeness (QED) is 0.831. The number of hydrogen-bond acceptors (Lipinski definition) is 5. The highest BCUT2D eigenvalue weighted by molar-refractivity contribution is 5.68. The smallest absolute Gasteiger partial charge is 0.409 e. The topological polar surface area (TPSA) is 39.3 Å². The molecule has 6 heteroatoms. The van der Waals surface area contributed by atoms with Crippen molar-refractivity contribution in [1.29, 1.82) is 0 Å². The monoisotopic (exact) mass is 332 g/mol. The molecule has 1 amide bonds. The highest BCUT2D eigenvalue weighted by Crippen LogP contribution is 2.16. The van der Waals surface area contributed by atoms with Crippen LogP contribution in [0.15, 0.2) is 30.3 Å². The number of carbonyl (C=O) groups excluding carboxylic acids is 1. The summed E-state index contributed by atoms with van der Waals surface area (Å²) < 4.78 is 5.58. The second kappa shape index (κ2) is 7.85. The first-order chi connectivity index (χ1) is 11.6. The molecule has 0 radical (unpaired) electrons. The van der Waals surface area contributed by atoms with E-state index in [1.54, 1.807) is 0 Å². The van der Waals surface area contributed by atoms with Crippen molar-refractivity contribution in [1.82, 2.24) is 14.7 Å². The number of anilines is 1. The summed E-state index contributed by atoms with van der Waals surface area (Å²) in [7, 11) is 4.22. The maximum atomic E-state index is 12.3. The van der Waals surface area contributed by atoms with Crippen LogP contribution in [0.3, 0.4) is 0 Å². The molecule has 24 heavy (non-hydrogen) atoms. The Morgan fingerprint density at radius 1 is 1.04 bits per heavy atom. The van der Waals surface area contributed by atoms with Crippen LogP contribution in [0.4, 0.5) is 10.5 Å². The van der Waals surface area contributed by atoms with Crippen molar-refractivity contribution in [2.75, 3.05) is 71.4 Å². The minimum absolute atomic E-state index is 0.177. The molecule has 132 valence electrons. The lowest BCUT2D eigenvalue weighted by molar-refractivity contribution is 0.0396. The highest BCUT2D eigenvalue weighted by atomic mass is 16.6. The van der Waals surface area contributed by atoms with E-state index in [2.05, 4.69) is 40.9 Å². The Morgan fingerprint density at radius 2 is 1.75 bits per heavy atom. The van der Waals surface area contributed by atoms with Crippen LogP contribution >= 0.6 is 0 Å². The molecule has 1 aromatic carbocycles.